The average Bonchev–Trinajstić information content (AvgIpc) is 3.11. The van der Waals surface area contributed by atoms with Crippen LogP contribution >= 0.6 is 11.8 Å². The molecule has 0 aromatic heterocycles. The van der Waals surface area contributed by atoms with Crippen LogP contribution in [0.15, 0.2) is 47.6 Å². The minimum atomic E-state index is -0.139. The Hall–Kier alpha value is -2.34. The molecule has 2 atom stereocenters. The summed E-state index contributed by atoms with van der Waals surface area (Å²) in [4.78, 5) is 0. The van der Waals surface area contributed by atoms with Crippen LogP contribution in [-0.2, 0) is 0 Å². The van der Waals surface area contributed by atoms with E-state index in [9.17, 15) is 5.11 Å². The van der Waals surface area contributed by atoms with Crippen molar-refractivity contribution < 1.29 is 14.6 Å². The van der Waals surface area contributed by atoms with E-state index in [-0.39, 0.29) is 18.0 Å². The van der Waals surface area contributed by atoms with E-state index in [0.29, 0.717) is 0 Å². The molecule has 2 aliphatic heterocycles. The Bertz CT molecular complexity index is 840. The number of fused-ring (bicyclic) bond motifs is 3. The van der Waals surface area contributed by atoms with Crippen LogP contribution in [0.2, 0.25) is 0 Å². The lowest BCUT2D eigenvalue weighted by Crippen LogP contribution is -2.40. The monoisotopic (exact) mass is 370 g/mol. The first-order chi connectivity index (χ1) is 12.7. The molecule has 136 valence electrons. The number of hydrogen-bond donors (Lipinski definition) is 1. The van der Waals surface area contributed by atoms with Gasteiger partial charge in [-0.15, -0.1) is 0 Å². The maximum absolute atomic E-state index is 10.2. The molecular formula is C20H22N2O3S. The van der Waals surface area contributed by atoms with Crippen LogP contribution in [0.25, 0.3) is 0 Å². The highest BCUT2D eigenvalue weighted by Crippen LogP contribution is 2.47. The number of nitrogens with zero attached hydrogens (tertiary/aromatic N) is 2. The van der Waals surface area contributed by atoms with Gasteiger partial charge in [0.05, 0.1) is 18.9 Å². The molecule has 1 N–H and O–H groups in total. The van der Waals surface area contributed by atoms with Gasteiger partial charge in [0.25, 0.3) is 0 Å². The Balaban J connectivity index is 1.74. The first-order valence-electron chi connectivity index (χ1n) is 8.69. The smallest absolute Gasteiger partial charge is 0.188 e. The molecule has 0 spiro atoms. The number of hydrazone groups is 1. The zero-order valence-corrected chi connectivity index (χ0v) is 15.7. The first-order valence-corrected chi connectivity index (χ1v) is 10.1. The second-order valence-electron chi connectivity index (χ2n) is 6.40. The molecule has 0 amide bonds. The highest BCUT2D eigenvalue weighted by atomic mass is 32.2. The predicted molar refractivity (Wildman–Crippen MR) is 104 cm³/mol. The second-order valence-corrected chi connectivity index (χ2v) is 7.38. The summed E-state index contributed by atoms with van der Waals surface area (Å²) in [6.07, 6.45) is 3.55. The molecule has 2 aliphatic rings. The van der Waals surface area contributed by atoms with Gasteiger partial charge in [0.1, 0.15) is 5.75 Å². The van der Waals surface area contributed by atoms with Crippen LogP contribution in [0.1, 0.15) is 30.0 Å². The molecule has 0 radical (unpaired) electrons. The van der Waals surface area contributed by atoms with Crippen molar-refractivity contribution in [1.82, 2.24) is 5.01 Å². The third-order valence-electron chi connectivity index (χ3n) is 4.86. The second kappa shape index (κ2) is 7.11. The van der Waals surface area contributed by atoms with E-state index in [1.165, 1.54) is 0 Å². The van der Waals surface area contributed by atoms with Gasteiger partial charge in [0, 0.05) is 24.0 Å². The highest BCUT2D eigenvalue weighted by Gasteiger charge is 2.41. The van der Waals surface area contributed by atoms with Crippen LogP contribution in [0.3, 0.4) is 0 Å². The fourth-order valence-electron chi connectivity index (χ4n) is 3.61. The quantitative estimate of drug-likeness (QED) is 0.861. The van der Waals surface area contributed by atoms with Crippen LogP contribution < -0.4 is 9.47 Å². The Morgan fingerprint density at radius 2 is 2.12 bits per heavy atom. The van der Waals surface area contributed by atoms with E-state index in [1.807, 2.05) is 30.3 Å². The molecule has 2 aromatic rings. The third kappa shape index (κ3) is 2.88. The van der Waals surface area contributed by atoms with Crippen LogP contribution in [0.5, 0.6) is 17.2 Å². The van der Waals surface area contributed by atoms with Crippen molar-refractivity contribution in [2.75, 3.05) is 19.1 Å². The topological polar surface area (TPSA) is 54.3 Å². The Kier molecular flexibility index (Phi) is 4.68. The maximum Gasteiger partial charge on any atom is 0.188 e. The molecule has 2 aromatic carbocycles. The lowest BCUT2D eigenvalue weighted by atomic mass is 9.95. The van der Waals surface area contributed by atoms with Gasteiger partial charge in [-0.2, -0.15) is 16.9 Å². The Labute approximate surface area is 157 Å². The van der Waals surface area contributed by atoms with Crippen LogP contribution in [-0.4, -0.2) is 41.2 Å². The van der Waals surface area contributed by atoms with Crippen molar-refractivity contribution >= 4 is 17.5 Å². The molecule has 0 aliphatic carbocycles. The normalized spacial score (nSPS) is 20.8. The standard InChI is InChI=1S/C20H22N2O3S/c1-24-18-9-5-7-14-16-12-15(13-6-3-4-8-17(13)23)21-22(16)19(10-11-26-2)25-20(14)18/h3-9,16,19,23H,10-12H2,1-2H3/t16-,19-/m1/s1. The Morgan fingerprint density at radius 1 is 1.27 bits per heavy atom. The molecule has 0 bridgehead atoms. The number of hydrogen-bond acceptors (Lipinski definition) is 6. The van der Waals surface area contributed by atoms with Crippen molar-refractivity contribution in [1.29, 1.82) is 0 Å². The summed E-state index contributed by atoms with van der Waals surface area (Å²) in [5.74, 6) is 2.82. The summed E-state index contributed by atoms with van der Waals surface area (Å²) >= 11 is 1.79. The number of para-hydroxylation sites is 2. The minimum absolute atomic E-state index is 0.0929. The van der Waals surface area contributed by atoms with Gasteiger partial charge in [-0.05, 0) is 30.2 Å². The van der Waals surface area contributed by atoms with Crippen molar-refractivity contribution in [2.45, 2.75) is 25.1 Å². The van der Waals surface area contributed by atoms with Crippen molar-refractivity contribution in [3.8, 4) is 17.2 Å². The molecular weight excluding hydrogens is 348 g/mol. The maximum atomic E-state index is 10.2. The Morgan fingerprint density at radius 3 is 2.88 bits per heavy atom. The van der Waals surface area contributed by atoms with E-state index in [2.05, 4.69) is 17.3 Å². The average molecular weight is 370 g/mol. The fourth-order valence-corrected chi connectivity index (χ4v) is 4.04. The number of phenolic OH excluding ortho intramolecular Hbond substituents is 1. The number of phenols is 1. The zero-order valence-electron chi connectivity index (χ0n) is 14.9. The van der Waals surface area contributed by atoms with E-state index in [0.717, 1.165) is 46.9 Å². The van der Waals surface area contributed by atoms with Crippen molar-refractivity contribution in [3.63, 3.8) is 0 Å². The van der Waals surface area contributed by atoms with Gasteiger partial charge >= 0.3 is 0 Å². The van der Waals surface area contributed by atoms with Crippen LogP contribution in [0.4, 0.5) is 0 Å². The van der Waals surface area contributed by atoms with Gasteiger partial charge < -0.3 is 14.6 Å². The molecule has 0 fully saturated rings. The largest absolute Gasteiger partial charge is 0.507 e. The zero-order chi connectivity index (χ0) is 18.1. The molecule has 6 heteroatoms. The van der Waals surface area contributed by atoms with Crippen molar-refractivity contribution in [3.05, 3.63) is 53.6 Å². The molecule has 5 nitrogen and oxygen atoms in total. The molecule has 0 saturated heterocycles. The van der Waals surface area contributed by atoms with Gasteiger partial charge in [-0.25, -0.2) is 0 Å². The molecule has 26 heavy (non-hydrogen) atoms. The number of ether oxygens (including phenoxy) is 2. The lowest BCUT2D eigenvalue weighted by molar-refractivity contribution is -0.0198. The molecule has 0 saturated carbocycles. The van der Waals surface area contributed by atoms with Gasteiger partial charge in [-0.1, -0.05) is 24.3 Å². The third-order valence-corrected chi connectivity index (χ3v) is 5.51. The number of methoxy groups -OCH3 is 1. The van der Waals surface area contributed by atoms with E-state index in [4.69, 9.17) is 14.6 Å². The predicted octanol–water partition coefficient (Wildman–Crippen LogP) is 4.02. The molecule has 4 rings (SSSR count). The fraction of sp³-hybridized carbons (Fsp3) is 0.350. The van der Waals surface area contributed by atoms with E-state index < -0.39 is 0 Å². The number of rotatable bonds is 5. The van der Waals surface area contributed by atoms with Gasteiger partial charge in [0.15, 0.2) is 17.7 Å². The van der Waals surface area contributed by atoms with E-state index >= 15 is 0 Å². The number of benzene rings is 2. The molecule has 2 heterocycles. The van der Waals surface area contributed by atoms with Crippen molar-refractivity contribution in [2.24, 2.45) is 5.10 Å². The van der Waals surface area contributed by atoms with Gasteiger partial charge in [0.2, 0.25) is 0 Å². The molecule has 0 unspecified atom stereocenters. The summed E-state index contributed by atoms with van der Waals surface area (Å²) in [5, 5.41) is 17.1. The number of aromatic hydroxyl groups is 1. The number of thioether (sulfide) groups is 1. The summed E-state index contributed by atoms with van der Waals surface area (Å²) in [6.45, 7) is 0. The summed E-state index contributed by atoms with van der Waals surface area (Å²) in [7, 11) is 1.67. The minimum Gasteiger partial charge on any atom is -0.507 e. The summed E-state index contributed by atoms with van der Waals surface area (Å²) < 4.78 is 11.8. The summed E-state index contributed by atoms with van der Waals surface area (Å²) in [6, 6.07) is 13.4. The SMILES string of the molecule is COc1cccc2c1O[C@H](CCSC)N1N=C(c3ccccc3O)C[C@H]21. The van der Waals surface area contributed by atoms with E-state index in [1.54, 1.807) is 24.9 Å². The first kappa shape index (κ1) is 17.1. The van der Waals surface area contributed by atoms with Gasteiger partial charge in [-0.3, -0.25) is 5.01 Å². The lowest BCUT2D eigenvalue weighted by Gasteiger charge is -2.38. The van der Waals surface area contributed by atoms with Crippen LogP contribution in [0, 0.1) is 0 Å². The highest BCUT2D eigenvalue weighted by molar-refractivity contribution is 7.98. The summed E-state index contributed by atoms with van der Waals surface area (Å²) in [5.41, 5.74) is 2.76.